The van der Waals surface area contributed by atoms with Crippen LogP contribution in [0.25, 0.3) is 0 Å². The number of hydrogen-bond acceptors (Lipinski definition) is 0. The lowest BCUT2D eigenvalue weighted by atomic mass is 9.64. The van der Waals surface area contributed by atoms with Gasteiger partial charge in [0.15, 0.2) is 0 Å². The molecule has 22 heavy (non-hydrogen) atoms. The molecule has 124 valence electrons. The maximum Gasteiger partial charge on any atom is -0.0145 e. The fraction of sp³-hybridized carbons (Fsp3) is 1.00. The van der Waals surface area contributed by atoms with Crippen molar-refractivity contribution in [2.24, 2.45) is 40.4 Å². The van der Waals surface area contributed by atoms with Crippen molar-refractivity contribution in [3.63, 3.8) is 0 Å². The van der Waals surface area contributed by atoms with E-state index in [1.165, 1.54) is 6.42 Å². The zero-order valence-electron chi connectivity index (χ0n) is 14.8. The summed E-state index contributed by atoms with van der Waals surface area (Å²) in [5.74, 6) is 5.70. The molecule has 0 spiro atoms. The Hall–Kier alpha value is 0. The van der Waals surface area contributed by atoms with Gasteiger partial charge >= 0.3 is 0 Å². The monoisotopic (exact) mass is 300 g/mol. The molecule has 0 heterocycles. The molecule has 0 heteroatoms. The van der Waals surface area contributed by atoms with Crippen molar-refractivity contribution < 1.29 is 0 Å². The van der Waals surface area contributed by atoms with E-state index in [4.69, 9.17) is 0 Å². The average Bonchev–Trinajstić information content (AvgIpc) is 3.36. The van der Waals surface area contributed by atoms with Gasteiger partial charge in [0.05, 0.1) is 0 Å². The fourth-order valence-electron chi connectivity index (χ4n) is 8.38. The van der Waals surface area contributed by atoms with Gasteiger partial charge in [0.1, 0.15) is 0 Å². The quantitative estimate of drug-likeness (QED) is 0.549. The summed E-state index contributed by atoms with van der Waals surface area (Å²) in [4.78, 5) is 0. The van der Waals surface area contributed by atoms with Crippen molar-refractivity contribution in [3.05, 3.63) is 0 Å². The van der Waals surface area contributed by atoms with E-state index in [1.807, 2.05) is 0 Å². The fourth-order valence-corrected chi connectivity index (χ4v) is 8.38. The van der Waals surface area contributed by atoms with Gasteiger partial charge in [0.2, 0.25) is 0 Å². The zero-order valence-corrected chi connectivity index (χ0v) is 14.8. The first-order chi connectivity index (χ1) is 10.8. The second-order valence-corrected chi connectivity index (χ2v) is 9.97. The van der Waals surface area contributed by atoms with Crippen LogP contribution in [0, 0.1) is 40.4 Å². The molecule has 0 aliphatic heterocycles. The Bertz CT molecular complexity index is 419. The molecular formula is C22H36. The SMILES string of the molecule is CC1(C2CC2)C(C2CCC2)C1(C1CCCCC1)C1CCCC1. The van der Waals surface area contributed by atoms with E-state index >= 15 is 0 Å². The van der Waals surface area contributed by atoms with Crippen LogP contribution in [-0.4, -0.2) is 0 Å². The third-order valence-electron chi connectivity index (χ3n) is 9.37. The highest BCUT2D eigenvalue weighted by molar-refractivity contribution is 5.29. The molecule has 3 unspecified atom stereocenters. The van der Waals surface area contributed by atoms with E-state index in [2.05, 4.69) is 6.92 Å². The van der Waals surface area contributed by atoms with Crippen molar-refractivity contribution in [1.82, 2.24) is 0 Å². The third-order valence-corrected chi connectivity index (χ3v) is 9.37. The van der Waals surface area contributed by atoms with Gasteiger partial charge in [-0.25, -0.2) is 0 Å². The Morgan fingerprint density at radius 2 is 1.09 bits per heavy atom. The molecule has 5 fully saturated rings. The molecule has 0 aromatic heterocycles. The molecule has 0 saturated heterocycles. The smallest absolute Gasteiger partial charge is 0.0145 e. The van der Waals surface area contributed by atoms with Crippen LogP contribution in [0.1, 0.15) is 96.8 Å². The predicted octanol–water partition coefficient (Wildman–Crippen LogP) is 6.59. The van der Waals surface area contributed by atoms with Crippen molar-refractivity contribution in [2.45, 2.75) is 96.8 Å². The lowest BCUT2D eigenvalue weighted by molar-refractivity contribution is 0.0837. The molecular weight excluding hydrogens is 264 g/mol. The lowest BCUT2D eigenvalue weighted by Crippen LogP contribution is -2.33. The maximum atomic E-state index is 2.81. The van der Waals surface area contributed by atoms with Crippen LogP contribution in [0.15, 0.2) is 0 Å². The summed E-state index contributed by atoms with van der Waals surface area (Å²) in [6, 6.07) is 0. The average molecular weight is 301 g/mol. The molecule has 0 aromatic rings. The van der Waals surface area contributed by atoms with Gasteiger partial charge in [-0.3, -0.25) is 0 Å². The summed E-state index contributed by atoms with van der Waals surface area (Å²) < 4.78 is 0. The first-order valence-corrected chi connectivity index (χ1v) is 10.8. The first-order valence-electron chi connectivity index (χ1n) is 10.8. The summed E-state index contributed by atoms with van der Waals surface area (Å²) >= 11 is 0. The molecule has 0 nitrogen and oxygen atoms in total. The van der Waals surface area contributed by atoms with Gasteiger partial charge in [-0.2, -0.15) is 0 Å². The highest BCUT2D eigenvalue weighted by atomic mass is 14.9. The van der Waals surface area contributed by atoms with Crippen molar-refractivity contribution in [3.8, 4) is 0 Å². The Morgan fingerprint density at radius 3 is 1.55 bits per heavy atom. The standard InChI is InChI=1S/C22H36/c1-21(17-14-15-17)20(16-8-7-9-16)22(21,19-12-5-6-13-19)18-10-3-2-4-11-18/h16-20H,2-15H2,1H3. The molecule has 5 aliphatic carbocycles. The molecule has 0 amide bonds. The molecule has 0 N–H and O–H groups in total. The van der Waals surface area contributed by atoms with E-state index in [9.17, 15) is 0 Å². The van der Waals surface area contributed by atoms with Crippen LogP contribution < -0.4 is 0 Å². The maximum absolute atomic E-state index is 2.81. The minimum atomic E-state index is 0.787. The number of hydrogen-bond donors (Lipinski definition) is 0. The van der Waals surface area contributed by atoms with E-state index < -0.39 is 0 Å². The highest BCUT2D eigenvalue weighted by Gasteiger charge is 2.82. The van der Waals surface area contributed by atoms with Gasteiger partial charge in [-0.05, 0) is 78.9 Å². The second-order valence-electron chi connectivity index (χ2n) is 9.97. The van der Waals surface area contributed by atoms with E-state index in [0.717, 1.165) is 40.4 Å². The minimum absolute atomic E-state index is 0.787. The summed E-state index contributed by atoms with van der Waals surface area (Å²) in [6.07, 6.45) is 22.0. The van der Waals surface area contributed by atoms with E-state index in [0.29, 0.717) is 0 Å². The zero-order chi connectivity index (χ0) is 14.8. The van der Waals surface area contributed by atoms with Crippen LogP contribution >= 0.6 is 0 Å². The van der Waals surface area contributed by atoms with Gasteiger partial charge in [0.25, 0.3) is 0 Å². The van der Waals surface area contributed by atoms with E-state index in [-0.39, 0.29) is 0 Å². The molecule has 0 radical (unpaired) electrons. The summed E-state index contributed by atoms with van der Waals surface area (Å²) in [7, 11) is 0. The predicted molar refractivity (Wildman–Crippen MR) is 92.6 cm³/mol. The van der Waals surface area contributed by atoms with Crippen molar-refractivity contribution in [2.75, 3.05) is 0 Å². The van der Waals surface area contributed by atoms with Gasteiger partial charge in [-0.15, -0.1) is 0 Å². The Kier molecular flexibility index (Phi) is 3.26. The number of rotatable bonds is 4. The highest BCUT2D eigenvalue weighted by Crippen LogP contribution is 2.87. The molecule has 0 bridgehead atoms. The molecule has 5 rings (SSSR count). The van der Waals surface area contributed by atoms with Crippen LogP contribution in [0.5, 0.6) is 0 Å². The topological polar surface area (TPSA) is 0 Å². The summed E-state index contributed by atoms with van der Waals surface area (Å²) in [5, 5.41) is 0. The summed E-state index contributed by atoms with van der Waals surface area (Å²) in [5.41, 5.74) is 1.62. The van der Waals surface area contributed by atoms with Gasteiger partial charge < -0.3 is 0 Å². The van der Waals surface area contributed by atoms with Crippen molar-refractivity contribution >= 4 is 0 Å². The minimum Gasteiger partial charge on any atom is -0.0585 e. The Labute approximate surface area is 137 Å². The van der Waals surface area contributed by atoms with Crippen LogP contribution in [-0.2, 0) is 0 Å². The Morgan fingerprint density at radius 1 is 0.545 bits per heavy atom. The van der Waals surface area contributed by atoms with Crippen LogP contribution in [0.3, 0.4) is 0 Å². The molecule has 0 aromatic carbocycles. The Balaban J connectivity index is 1.53. The van der Waals surface area contributed by atoms with Gasteiger partial charge in [0, 0.05) is 0 Å². The third kappa shape index (κ3) is 1.71. The van der Waals surface area contributed by atoms with Gasteiger partial charge in [-0.1, -0.05) is 58.3 Å². The normalized spacial score (nSPS) is 47.6. The molecule has 5 saturated carbocycles. The van der Waals surface area contributed by atoms with E-state index in [1.54, 1.807) is 83.5 Å². The van der Waals surface area contributed by atoms with Crippen LogP contribution in [0.4, 0.5) is 0 Å². The van der Waals surface area contributed by atoms with Crippen LogP contribution in [0.2, 0.25) is 0 Å². The largest absolute Gasteiger partial charge is 0.0585 e. The second kappa shape index (κ2) is 5.00. The van der Waals surface area contributed by atoms with Crippen molar-refractivity contribution in [1.29, 1.82) is 0 Å². The molecule has 3 atom stereocenters. The first kappa shape index (κ1) is 14.4. The molecule has 5 aliphatic rings. The summed E-state index contributed by atoms with van der Waals surface area (Å²) in [6.45, 7) is 2.81. The lowest BCUT2D eigenvalue weighted by Gasteiger charge is -2.40.